The molecule has 2 rings (SSSR count). The van der Waals surface area contributed by atoms with Gasteiger partial charge in [0.15, 0.2) is 0 Å². The topological polar surface area (TPSA) is 66.4 Å². The second-order valence-corrected chi connectivity index (χ2v) is 7.09. The molecule has 2 N–H and O–H groups in total. The molecule has 0 spiro atoms. The molecule has 0 aliphatic heterocycles. The van der Waals surface area contributed by atoms with Crippen LogP contribution in [0, 0.1) is 19.8 Å². The third kappa shape index (κ3) is 3.16. The molecule has 0 radical (unpaired) electrons. The summed E-state index contributed by atoms with van der Waals surface area (Å²) in [4.78, 5) is 0.279. The van der Waals surface area contributed by atoms with Crippen LogP contribution in [0.15, 0.2) is 17.0 Å². The van der Waals surface area contributed by atoms with Gasteiger partial charge in [0.25, 0.3) is 0 Å². The van der Waals surface area contributed by atoms with E-state index < -0.39 is 10.0 Å². The van der Waals surface area contributed by atoms with E-state index in [1.54, 1.807) is 13.0 Å². The predicted octanol–water partition coefficient (Wildman–Crippen LogP) is 1.87. The molecule has 0 aromatic heterocycles. The molecule has 5 heteroatoms. The number of aliphatic hydroxyl groups excluding tert-OH is 1. The minimum absolute atomic E-state index is 0.142. The van der Waals surface area contributed by atoms with E-state index in [1.807, 2.05) is 13.0 Å². The highest BCUT2D eigenvalue weighted by atomic mass is 32.2. The minimum Gasteiger partial charge on any atom is -0.392 e. The first kappa shape index (κ1) is 14.5. The summed E-state index contributed by atoms with van der Waals surface area (Å²) in [5.41, 5.74) is 2.29. The van der Waals surface area contributed by atoms with Crippen LogP contribution in [0.3, 0.4) is 0 Å². The SMILES string of the molecule is Cc1cc(C)c(S(=O)(=O)NCC2CCC2)cc1CO. The van der Waals surface area contributed by atoms with Crippen LogP contribution in [-0.2, 0) is 16.6 Å². The van der Waals surface area contributed by atoms with Crippen LogP contribution in [0.25, 0.3) is 0 Å². The Labute approximate surface area is 114 Å². The van der Waals surface area contributed by atoms with Crippen molar-refractivity contribution < 1.29 is 13.5 Å². The number of aliphatic hydroxyl groups is 1. The lowest BCUT2D eigenvalue weighted by Crippen LogP contribution is -2.32. The van der Waals surface area contributed by atoms with E-state index in [0.717, 1.165) is 24.0 Å². The lowest BCUT2D eigenvalue weighted by Gasteiger charge is -2.25. The Balaban J connectivity index is 2.23. The molecule has 19 heavy (non-hydrogen) atoms. The molecule has 1 aliphatic rings. The Kier molecular flexibility index (Phi) is 4.28. The summed E-state index contributed by atoms with van der Waals surface area (Å²) in [6.07, 6.45) is 3.42. The van der Waals surface area contributed by atoms with Gasteiger partial charge in [-0.2, -0.15) is 0 Å². The van der Waals surface area contributed by atoms with Crippen LogP contribution in [0.4, 0.5) is 0 Å². The molecule has 0 atom stereocenters. The molecule has 0 unspecified atom stereocenters. The largest absolute Gasteiger partial charge is 0.392 e. The van der Waals surface area contributed by atoms with Gasteiger partial charge in [-0.15, -0.1) is 0 Å². The number of hydrogen-bond acceptors (Lipinski definition) is 3. The molecule has 0 heterocycles. The number of sulfonamides is 1. The first-order valence-electron chi connectivity index (χ1n) is 6.64. The molecule has 0 bridgehead atoms. The molecular weight excluding hydrogens is 262 g/mol. The van der Waals surface area contributed by atoms with Gasteiger partial charge in [0.1, 0.15) is 0 Å². The van der Waals surface area contributed by atoms with E-state index in [2.05, 4.69) is 4.72 Å². The van der Waals surface area contributed by atoms with Gasteiger partial charge < -0.3 is 5.11 Å². The van der Waals surface area contributed by atoms with Crippen molar-refractivity contribution in [3.8, 4) is 0 Å². The van der Waals surface area contributed by atoms with Gasteiger partial charge in [-0.05, 0) is 55.4 Å². The first-order valence-corrected chi connectivity index (χ1v) is 8.13. The third-order valence-electron chi connectivity index (χ3n) is 3.88. The fourth-order valence-electron chi connectivity index (χ4n) is 2.34. The minimum atomic E-state index is -3.47. The molecule has 1 aromatic rings. The zero-order valence-corrected chi connectivity index (χ0v) is 12.3. The van der Waals surface area contributed by atoms with Crippen molar-refractivity contribution in [3.05, 3.63) is 28.8 Å². The van der Waals surface area contributed by atoms with E-state index >= 15 is 0 Å². The number of aryl methyl sites for hydroxylation is 2. The van der Waals surface area contributed by atoms with Gasteiger partial charge in [0.2, 0.25) is 10.0 Å². The molecule has 1 fully saturated rings. The monoisotopic (exact) mass is 283 g/mol. The van der Waals surface area contributed by atoms with Gasteiger partial charge in [-0.3, -0.25) is 0 Å². The van der Waals surface area contributed by atoms with Crippen molar-refractivity contribution in [3.63, 3.8) is 0 Å². The summed E-state index contributed by atoms with van der Waals surface area (Å²) in [5.74, 6) is 0.484. The smallest absolute Gasteiger partial charge is 0.240 e. The summed E-state index contributed by atoms with van der Waals surface area (Å²) in [6, 6.07) is 3.39. The van der Waals surface area contributed by atoms with Gasteiger partial charge in [0, 0.05) is 6.54 Å². The highest BCUT2D eigenvalue weighted by Gasteiger charge is 2.23. The number of nitrogens with one attached hydrogen (secondary N) is 1. The second-order valence-electron chi connectivity index (χ2n) is 5.35. The zero-order valence-electron chi connectivity index (χ0n) is 11.4. The summed E-state index contributed by atoms with van der Waals surface area (Å²) in [6.45, 7) is 4.03. The van der Waals surface area contributed by atoms with E-state index in [4.69, 9.17) is 0 Å². The summed E-state index contributed by atoms with van der Waals surface area (Å²) < 4.78 is 27.2. The molecule has 4 nitrogen and oxygen atoms in total. The van der Waals surface area contributed by atoms with Crippen LogP contribution in [0.1, 0.15) is 36.0 Å². The highest BCUT2D eigenvalue weighted by Crippen LogP contribution is 2.26. The van der Waals surface area contributed by atoms with Crippen LogP contribution < -0.4 is 4.72 Å². The Hall–Kier alpha value is -0.910. The summed E-state index contributed by atoms with van der Waals surface area (Å²) in [5, 5.41) is 9.25. The van der Waals surface area contributed by atoms with E-state index in [9.17, 15) is 13.5 Å². The maximum Gasteiger partial charge on any atom is 0.240 e. The first-order chi connectivity index (χ1) is 8.94. The lowest BCUT2D eigenvalue weighted by molar-refractivity contribution is 0.280. The van der Waals surface area contributed by atoms with Gasteiger partial charge in [-0.1, -0.05) is 12.5 Å². The number of rotatable bonds is 5. The van der Waals surface area contributed by atoms with Crippen LogP contribution in [-0.4, -0.2) is 20.1 Å². The van der Waals surface area contributed by atoms with Crippen molar-refractivity contribution in [2.24, 2.45) is 5.92 Å². The molecule has 106 valence electrons. The quantitative estimate of drug-likeness (QED) is 0.867. The average Bonchev–Trinajstić information content (AvgIpc) is 2.26. The van der Waals surface area contributed by atoms with Crippen molar-refractivity contribution in [1.82, 2.24) is 4.72 Å². The predicted molar refractivity (Wildman–Crippen MR) is 74.4 cm³/mol. The molecule has 1 saturated carbocycles. The summed E-state index contributed by atoms with van der Waals surface area (Å²) in [7, 11) is -3.47. The molecule has 0 amide bonds. The van der Waals surface area contributed by atoms with Gasteiger partial charge in [0.05, 0.1) is 11.5 Å². The van der Waals surface area contributed by atoms with E-state index in [1.165, 1.54) is 6.42 Å². The maximum absolute atomic E-state index is 12.3. The second kappa shape index (κ2) is 5.61. The number of hydrogen-bond donors (Lipinski definition) is 2. The average molecular weight is 283 g/mol. The molecule has 0 saturated heterocycles. The van der Waals surface area contributed by atoms with Crippen molar-refractivity contribution >= 4 is 10.0 Å². The van der Waals surface area contributed by atoms with Crippen LogP contribution >= 0.6 is 0 Å². The fourth-order valence-corrected chi connectivity index (χ4v) is 3.73. The number of benzene rings is 1. The van der Waals surface area contributed by atoms with Crippen molar-refractivity contribution in [2.75, 3.05) is 6.54 Å². The Morgan fingerprint density at radius 1 is 1.26 bits per heavy atom. The lowest BCUT2D eigenvalue weighted by atomic mass is 9.86. The van der Waals surface area contributed by atoms with Crippen molar-refractivity contribution in [2.45, 2.75) is 44.6 Å². The van der Waals surface area contributed by atoms with Crippen molar-refractivity contribution in [1.29, 1.82) is 0 Å². The normalized spacial score (nSPS) is 16.4. The molecule has 1 aromatic carbocycles. The van der Waals surface area contributed by atoms with Crippen LogP contribution in [0.5, 0.6) is 0 Å². The fraction of sp³-hybridized carbons (Fsp3) is 0.571. The zero-order chi connectivity index (χ0) is 14.0. The van der Waals surface area contributed by atoms with Gasteiger partial charge >= 0.3 is 0 Å². The molecule has 1 aliphatic carbocycles. The Morgan fingerprint density at radius 3 is 2.47 bits per heavy atom. The molecular formula is C14H21NO3S. The third-order valence-corrected chi connectivity index (χ3v) is 5.45. The Morgan fingerprint density at radius 2 is 1.95 bits per heavy atom. The van der Waals surface area contributed by atoms with E-state index in [0.29, 0.717) is 18.0 Å². The van der Waals surface area contributed by atoms with E-state index in [-0.39, 0.29) is 11.5 Å². The standard InChI is InChI=1S/C14H21NO3S/c1-10-6-11(2)14(7-13(10)9-16)19(17,18)15-8-12-4-3-5-12/h6-7,12,15-16H,3-5,8-9H2,1-2H3. The maximum atomic E-state index is 12.3. The highest BCUT2D eigenvalue weighted by molar-refractivity contribution is 7.89. The van der Waals surface area contributed by atoms with Crippen LogP contribution in [0.2, 0.25) is 0 Å². The Bertz CT molecular complexity index is 562. The summed E-state index contributed by atoms with van der Waals surface area (Å²) >= 11 is 0. The van der Waals surface area contributed by atoms with Gasteiger partial charge in [-0.25, -0.2) is 13.1 Å².